The summed E-state index contributed by atoms with van der Waals surface area (Å²) in [5.41, 5.74) is 1.11. The molecule has 1 aromatic carbocycles. The van der Waals surface area contributed by atoms with Gasteiger partial charge in [-0.25, -0.2) is 0 Å². The van der Waals surface area contributed by atoms with Gasteiger partial charge in [-0.1, -0.05) is 43.7 Å². The van der Waals surface area contributed by atoms with Crippen LogP contribution in [0.3, 0.4) is 0 Å². The smallest absolute Gasteiger partial charge is 0.302 e. The molecule has 0 saturated carbocycles. The van der Waals surface area contributed by atoms with Crippen LogP contribution in [0.1, 0.15) is 32.3 Å². The maximum Gasteiger partial charge on any atom is 0.302 e. The normalized spacial score (nSPS) is 13.8. The molecule has 0 unspecified atom stereocenters. The van der Waals surface area contributed by atoms with Gasteiger partial charge in [-0.2, -0.15) is 0 Å². The van der Waals surface area contributed by atoms with Gasteiger partial charge < -0.3 is 14.2 Å². The molecule has 2 atom stereocenters. The zero-order chi connectivity index (χ0) is 14.8. The van der Waals surface area contributed by atoms with Crippen molar-refractivity contribution in [3.8, 4) is 0 Å². The van der Waals surface area contributed by atoms with E-state index >= 15 is 0 Å². The molecule has 20 heavy (non-hydrogen) atoms. The minimum atomic E-state index is -0.284. The van der Waals surface area contributed by atoms with Gasteiger partial charge in [-0.05, 0) is 12.0 Å². The fourth-order valence-electron chi connectivity index (χ4n) is 2.01. The van der Waals surface area contributed by atoms with Crippen molar-refractivity contribution in [3.05, 3.63) is 35.9 Å². The van der Waals surface area contributed by atoms with Crippen LogP contribution in [-0.2, 0) is 25.6 Å². The molecule has 0 bridgehead atoms. The molecule has 0 N–H and O–H groups in total. The third-order valence-corrected chi connectivity index (χ3v) is 3.00. The van der Waals surface area contributed by atoms with Gasteiger partial charge >= 0.3 is 5.97 Å². The van der Waals surface area contributed by atoms with Crippen LogP contribution in [0.4, 0.5) is 0 Å². The van der Waals surface area contributed by atoms with Crippen LogP contribution in [0.15, 0.2) is 30.3 Å². The molecule has 4 heteroatoms. The predicted molar refractivity (Wildman–Crippen MR) is 77.4 cm³/mol. The Morgan fingerprint density at radius 1 is 1.20 bits per heavy atom. The zero-order valence-corrected chi connectivity index (χ0v) is 12.5. The van der Waals surface area contributed by atoms with E-state index in [-0.39, 0.29) is 18.2 Å². The Hall–Kier alpha value is -1.39. The van der Waals surface area contributed by atoms with Gasteiger partial charge in [-0.3, -0.25) is 4.79 Å². The van der Waals surface area contributed by atoms with Crippen LogP contribution in [-0.4, -0.2) is 31.9 Å². The van der Waals surface area contributed by atoms with Crippen LogP contribution >= 0.6 is 0 Å². The summed E-state index contributed by atoms with van der Waals surface area (Å²) in [5, 5.41) is 0. The Bertz CT molecular complexity index is 377. The average molecular weight is 280 g/mol. The number of methoxy groups -OCH3 is 1. The monoisotopic (exact) mass is 280 g/mol. The van der Waals surface area contributed by atoms with Crippen LogP contribution in [0.25, 0.3) is 0 Å². The standard InChI is InChI=1S/C16H24O4/c1-4-8-15(20-13(2)17)16(18-3)12-19-11-14-9-6-5-7-10-14/h5-7,9-10,15-16H,4,8,11-12H2,1-3H3/t15-,16-/m1/s1. The molecule has 1 aromatic rings. The Morgan fingerprint density at radius 2 is 1.90 bits per heavy atom. The summed E-state index contributed by atoms with van der Waals surface area (Å²) in [6.07, 6.45) is 1.21. The van der Waals surface area contributed by atoms with Crippen molar-refractivity contribution in [1.82, 2.24) is 0 Å². The van der Waals surface area contributed by atoms with E-state index in [0.717, 1.165) is 18.4 Å². The first kappa shape index (κ1) is 16.7. The molecule has 0 aliphatic rings. The minimum Gasteiger partial charge on any atom is -0.460 e. The molecule has 0 saturated heterocycles. The number of esters is 1. The SMILES string of the molecule is CCC[C@@H](OC(C)=O)[C@@H](COCc1ccccc1)OC. The average Bonchev–Trinajstić information content (AvgIpc) is 2.44. The van der Waals surface area contributed by atoms with E-state index in [1.165, 1.54) is 6.92 Å². The minimum absolute atomic E-state index is 0.234. The lowest BCUT2D eigenvalue weighted by Crippen LogP contribution is -2.36. The van der Waals surface area contributed by atoms with Crippen molar-refractivity contribution in [2.45, 2.75) is 45.5 Å². The molecule has 0 aromatic heterocycles. The third-order valence-electron chi connectivity index (χ3n) is 3.00. The summed E-state index contributed by atoms with van der Waals surface area (Å²) in [5.74, 6) is -0.284. The molecule has 112 valence electrons. The molecule has 0 radical (unpaired) electrons. The van der Waals surface area contributed by atoms with Crippen molar-refractivity contribution in [3.63, 3.8) is 0 Å². The van der Waals surface area contributed by atoms with Gasteiger partial charge in [0.25, 0.3) is 0 Å². The van der Waals surface area contributed by atoms with Gasteiger partial charge in [0.05, 0.1) is 13.2 Å². The van der Waals surface area contributed by atoms with Crippen molar-refractivity contribution < 1.29 is 19.0 Å². The number of carbonyl (C=O) groups excluding carboxylic acids is 1. The Labute approximate surface area is 121 Å². The predicted octanol–water partition coefficient (Wildman–Crippen LogP) is 2.95. The Morgan fingerprint density at radius 3 is 2.45 bits per heavy atom. The molecule has 0 amide bonds. The van der Waals surface area contributed by atoms with Crippen molar-refractivity contribution in [2.24, 2.45) is 0 Å². The van der Waals surface area contributed by atoms with E-state index in [0.29, 0.717) is 13.2 Å². The molecule has 0 heterocycles. The first-order chi connectivity index (χ1) is 9.67. The van der Waals surface area contributed by atoms with Gasteiger partial charge in [0.1, 0.15) is 12.2 Å². The Kier molecular flexibility index (Phi) is 7.92. The first-order valence-corrected chi connectivity index (χ1v) is 6.99. The molecular weight excluding hydrogens is 256 g/mol. The molecule has 1 rings (SSSR count). The summed E-state index contributed by atoms with van der Waals surface area (Å²) >= 11 is 0. The van der Waals surface area contributed by atoms with E-state index in [1.807, 2.05) is 37.3 Å². The number of hydrogen-bond acceptors (Lipinski definition) is 4. The fraction of sp³-hybridized carbons (Fsp3) is 0.562. The van der Waals surface area contributed by atoms with Gasteiger partial charge in [0.2, 0.25) is 0 Å². The van der Waals surface area contributed by atoms with Crippen molar-refractivity contribution in [1.29, 1.82) is 0 Å². The molecule has 0 aliphatic carbocycles. The summed E-state index contributed by atoms with van der Waals surface area (Å²) in [4.78, 5) is 11.1. The van der Waals surface area contributed by atoms with Crippen LogP contribution in [0.5, 0.6) is 0 Å². The maximum atomic E-state index is 11.1. The fourth-order valence-corrected chi connectivity index (χ4v) is 2.01. The summed E-state index contributed by atoms with van der Waals surface area (Å²) in [7, 11) is 1.61. The summed E-state index contributed by atoms with van der Waals surface area (Å²) < 4.78 is 16.4. The third kappa shape index (κ3) is 6.17. The van der Waals surface area contributed by atoms with Crippen LogP contribution in [0.2, 0.25) is 0 Å². The molecule has 0 aliphatic heterocycles. The number of carbonyl (C=O) groups is 1. The second-order valence-corrected chi connectivity index (χ2v) is 4.71. The van der Waals surface area contributed by atoms with E-state index in [1.54, 1.807) is 7.11 Å². The second kappa shape index (κ2) is 9.50. The number of ether oxygens (including phenoxy) is 3. The number of rotatable bonds is 9. The highest BCUT2D eigenvalue weighted by atomic mass is 16.6. The summed E-state index contributed by atoms with van der Waals surface area (Å²) in [6.45, 7) is 4.40. The molecule has 4 nitrogen and oxygen atoms in total. The molecule has 0 fully saturated rings. The van der Waals surface area contributed by atoms with E-state index < -0.39 is 0 Å². The van der Waals surface area contributed by atoms with Crippen molar-refractivity contribution in [2.75, 3.05) is 13.7 Å². The molecular formula is C16H24O4. The topological polar surface area (TPSA) is 44.8 Å². The van der Waals surface area contributed by atoms with Crippen LogP contribution < -0.4 is 0 Å². The van der Waals surface area contributed by atoms with Gasteiger partial charge in [-0.15, -0.1) is 0 Å². The largest absolute Gasteiger partial charge is 0.460 e. The second-order valence-electron chi connectivity index (χ2n) is 4.71. The lowest BCUT2D eigenvalue weighted by Gasteiger charge is -2.25. The summed E-state index contributed by atoms with van der Waals surface area (Å²) in [6, 6.07) is 9.95. The van der Waals surface area contributed by atoms with Gasteiger partial charge in [0.15, 0.2) is 0 Å². The van der Waals surface area contributed by atoms with Crippen molar-refractivity contribution >= 4 is 5.97 Å². The van der Waals surface area contributed by atoms with Gasteiger partial charge in [0, 0.05) is 14.0 Å². The van der Waals surface area contributed by atoms with E-state index in [4.69, 9.17) is 14.2 Å². The van der Waals surface area contributed by atoms with E-state index in [9.17, 15) is 4.79 Å². The highest BCUT2D eigenvalue weighted by molar-refractivity contribution is 5.66. The number of hydrogen-bond donors (Lipinski definition) is 0. The highest BCUT2D eigenvalue weighted by Gasteiger charge is 2.23. The lowest BCUT2D eigenvalue weighted by molar-refractivity contribution is -0.157. The first-order valence-electron chi connectivity index (χ1n) is 6.99. The highest BCUT2D eigenvalue weighted by Crippen LogP contribution is 2.12. The lowest BCUT2D eigenvalue weighted by atomic mass is 10.1. The Balaban J connectivity index is 2.45. The number of benzene rings is 1. The molecule has 0 spiro atoms. The maximum absolute atomic E-state index is 11.1. The quantitative estimate of drug-likeness (QED) is 0.652. The van der Waals surface area contributed by atoms with E-state index in [2.05, 4.69) is 0 Å². The zero-order valence-electron chi connectivity index (χ0n) is 12.5. The van der Waals surface area contributed by atoms with Crippen LogP contribution in [0, 0.1) is 0 Å².